The van der Waals surface area contributed by atoms with E-state index < -0.39 is 0 Å². The number of aromatic nitrogens is 2. The smallest absolute Gasteiger partial charge is 0.266 e. The summed E-state index contributed by atoms with van der Waals surface area (Å²) in [6.07, 6.45) is 2.34. The molecule has 0 aliphatic rings. The molecule has 2 aromatic rings. The normalized spacial score (nSPS) is 10.4. The Morgan fingerprint density at radius 1 is 1.21 bits per heavy atom. The van der Waals surface area contributed by atoms with Crippen molar-refractivity contribution in [2.24, 2.45) is 5.73 Å². The van der Waals surface area contributed by atoms with Gasteiger partial charge in [0.2, 0.25) is 0 Å². The molecule has 5 heteroatoms. The van der Waals surface area contributed by atoms with E-state index in [2.05, 4.69) is 5.10 Å². The van der Waals surface area contributed by atoms with Gasteiger partial charge in [0.1, 0.15) is 5.75 Å². The predicted octanol–water partition coefficient (Wildman–Crippen LogP) is 1.17. The number of aryl methyl sites for hydroxylation is 1. The lowest BCUT2D eigenvalue weighted by Gasteiger charge is -2.07. The van der Waals surface area contributed by atoms with Gasteiger partial charge in [-0.15, -0.1) is 0 Å². The van der Waals surface area contributed by atoms with Crippen molar-refractivity contribution in [1.82, 2.24) is 9.78 Å². The summed E-state index contributed by atoms with van der Waals surface area (Å²) < 4.78 is 7.01. The van der Waals surface area contributed by atoms with E-state index in [1.807, 2.05) is 24.3 Å². The van der Waals surface area contributed by atoms with Crippen LogP contribution in [0.25, 0.3) is 0 Å². The highest BCUT2D eigenvalue weighted by molar-refractivity contribution is 5.26. The summed E-state index contributed by atoms with van der Waals surface area (Å²) in [6.45, 7) is 1.63. The summed E-state index contributed by atoms with van der Waals surface area (Å²) in [6, 6.07) is 10.8. The summed E-state index contributed by atoms with van der Waals surface area (Å²) in [4.78, 5) is 11.4. The minimum Gasteiger partial charge on any atom is -0.494 e. The van der Waals surface area contributed by atoms with Crippen molar-refractivity contribution in [3.63, 3.8) is 0 Å². The lowest BCUT2D eigenvalue weighted by molar-refractivity contribution is 0.297. The van der Waals surface area contributed by atoms with Crippen molar-refractivity contribution in [3.05, 3.63) is 58.5 Å². The first kappa shape index (κ1) is 13.3. The van der Waals surface area contributed by atoms with Crippen LogP contribution in [0.1, 0.15) is 12.0 Å². The Labute approximate surface area is 111 Å². The fourth-order valence-electron chi connectivity index (χ4n) is 1.68. The van der Waals surface area contributed by atoms with Crippen LogP contribution in [0.5, 0.6) is 5.75 Å². The number of ether oxygens (including phenoxy) is 1. The number of nitrogens with two attached hydrogens (primary N) is 1. The molecule has 0 radical (unpaired) electrons. The molecule has 100 valence electrons. The zero-order chi connectivity index (χ0) is 13.5. The van der Waals surface area contributed by atoms with Crippen molar-refractivity contribution in [1.29, 1.82) is 0 Å². The summed E-state index contributed by atoms with van der Waals surface area (Å²) in [5.74, 6) is 0.811. The second-order valence-corrected chi connectivity index (χ2v) is 4.14. The standard InChI is InChI=1S/C14H17N3O2/c15-11-12-4-6-13(7-5-12)19-10-2-9-17-14(18)3-1-8-16-17/h1,3-8H,2,9-11,15H2. The largest absolute Gasteiger partial charge is 0.494 e. The number of hydrogen-bond acceptors (Lipinski definition) is 4. The van der Waals surface area contributed by atoms with E-state index >= 15 is 0 Å². The predicted molar refractivity (Wildman–Crippen MR) is 72.9 cm³/mol. The molecule has 0 aliphatic heterocycles. The molecule has 0 amide bonds. The molecular formula is C14H17N3O2. The monoisotopic (exact) mass is 259 g/mol. The van der Waals surface area contributed by atoms with Crippen LogP contribution in [0.4, 0.5) is 0 Å². The van der Waals surface area contributed by atoms with Gasteiger partial charge in [0.05, 0.1) is 6.61 Å². The molecule has 0 fully saturated rings. The van der Waals surface area contributed by atoms with Gasteiger partial charge in [0, 0.05) is 31.8 Å². The average molecular weight is 259 g/mol. The van der Waals surface area contributed by atoms with Crippen molar-refractivity contribution >= 4 is 0 Å². The first-order valence-corrected chi connectivity index (χ1v) is 6.23. The Morgan fingerprint density at radius 2 is 2.00 bits per heavy atom. The van der Waals surface area contributed by atoms with Crippen LogP contribution in [0, 0.1) is 0 Å². The molecule has 0 unspecified atom stereocenters. The van der Waals surface area contributed by atoms with Gasteiger partial charge in [-0.2, -0.15) is 5.10 Å². The van der Waals surface area contributed by atoms with Crippen LogP contribution in [-0.4, -0.2) is 16.4 Å². The van der Waals surface area contributed by atoms with E-state index in [9.17, 15) is 4.79 Å². The summed E-state index contributed by atoms with van der Waals surface area (Å²) in [7, 11) is 0. The van der Waals surface area contributed by atoms with Crippen LogP contribution in [0.3, 0.4) is 0 Å². The third-order valence-electron chi connectivity index (χ3n) is 2.73. The Hall–Kier alpha value is -2.14. The van der Waals surface area contributed by atoms with Crippen LogP contribution in [0.2, 0.25) is 0 Å². The second kappa shape index (κ2) is 6.70. The molecule has 19 heavy (non-hydrogen) atoms. The molecule has 1 aromatic heterocycles. The SMILES string of the molecule is NCc1ccc(OCCCn2ncccc2=O)cc1. The van der Waals surface area contributed by atoms with Crippen LogP contribution >= 0.6 is 0 Å². The number of rotatable bonds is 6. The average Bonchev–Trinajstić information content (AvgIpc) is 2.46. The van der Waals surface area contributed by atoms with E-state index in [1.165, 1.54) is 10.7 Å². The van der Waals surface area contributed by atoms with E-state index in [4.69, 9.17) is 10.5 Å². The van der Waals surface area contributed by atoms with Gasteiger partial charge < -0.3 is 10.5 Å². The lowest BCUT2D eigenvalue weighted by atomic mass is 10.2. The van der Waals surface area contributed by atoms with Gasteiger partial charge in [-0.1, -0.05) is 12.1 Å². The van der Waals surface area contributed by atoms with E-state index in [0.717, 1.165) is 17.7 Å². The maximum atomic E-state index is 11.4. The molecule has 2 N–H and O–H groups in total. The van der Waals surface area contributed by atoms with Crippen LogP contribution in [0.15, 0.2) is 47.4 Å². The van der Waals surface area contributed by atoms with Gasteiger partial charge in [0.15, 0.2) is 0 Å². The van der Waals surface area contributed by atoms with Crippen molar-refractivity contribution in [2.45, 2.75) is 19.5 Å². The zero-order valence-electron chi connectivity index (χ0n) is 10.7. The van der Waals surface area contributed by atoms with Crippen molar-refractivity contribution < 1.29 is 4.74 Å². The Balaban J connectivity index is 1.77. The summed E-state index contributed by atoms with van der Waals surface area (Å²) in [5.41, 5.74) is 6.51. The summed E-state index contributed by atoms with van der Waals surface area (Å²) >= 11 is 0. The topological polar surface area (TPSA) is 70.1 Å². The van der Waals surface area contributed by atoms with Gasteiger partial charge in [-0.05, 0) is 23.8 Å². The highest BCUT2D eigenvalue weighted by Gasteiger charge is 1.97. The van der Waals surface area contributed by atoms with Crippen LogP contribution < -0.4 is 16.0 Å². The molecule has 0 saturated carbocycles. The molecule has 0 bridgehead atoms. The van der Waals surface area contributed by atoms with Crippen molar-refractivity contribution in [3.8, 4) is 5.75 Å². The zero-order valence-corrected chi connectivity index (χ0v) is 10.7. The quantitative estimate of drug-likeness (QED) is 0.791. The van der Waals surface area contributed by atoms with Gasteiger partial charge in [-0.3, -0.25) is 4.79 Å². The third-order valence-corrected chi connectivity index (χ3v) is 2.73. The Kier molecular flexibility index (Phi) is 4.69. The molecule has 1 heterocycles. The van der Waals surface area contributed by atoms with Gasteiger partial charge in [-0.25, -0.2) is 4.68 Å². The Bertz CT molecular complexity index is 563. The molecule has 5 nitrogen and oxygen atoms in total. The number of benzene rings is 1. The minimum absolute atomic E-state index is 0.0881. The number of nitrogens with zero attached hydrogens (tertiary/aromatic N) is 2. The van der Waals surface area contributed by atoms with Gasteiger partial charge in [0.25, 0.3) is 5.56 Å². The first-order chi connectivity index (χ1) is 9.29. The van der Waals surface area contributed by atoms with Crippen LogP contribution in [-0.2, 0) is 13.1 Å². The lowest BCUT2D eigenvalue weighted by Crippen LogP contribution is -2.22. The molecule has 0 spiro atoms. The molecule has 2 rings (SSSR count). The fourth-order valence-corrected chi connectivity index (χ4v) is 1.68. The van der Waals surface area contributed by atoms with Gasteiger partial charge >= 0.3 is 0 Å². The highest BCUT2D eigenvalue weighted by Crippen LogP contribution is 2.11. The molecule has 0 atom stereocenters. The van der Waals surface area contributed by atoms with E-state index in [1.54, 1.807) is 12.3 Å². The second-order valence-electron chi connectivity index (χ2n) is 4.14. The molecule has 0 aliphatic carbocycles. The van der Waals surface area contributed by atoms with E-state index in [-0.39, 0.29) is 5.56 Å². The van der Waals surface area contributed by atoms with E-state index in [0.29, 0.717) is 19.7 Å². The molecule has 1 aromatic carbocycles. The highest BCUT2D eigenvalue weighted by atomic mass is 16.5. The maximum absolute atomic E-state index is 11.4. The number of hydrogen-bond donors (Lipinski definition) is 1. The molecular weight excluding hydrogens is 242 g/mol. The Morgan fingerprint density at radius 3 is 2.68 bits per heavy atom. The van der Waals surface area contributed by atoms with Crippen molar-refractivity contribution in [2.75, 3.05) is 6.61 Å². The fraction of sp³-hybridized carbons (Fsp3) is 0.286. The minimum atomic E-state index is -0.0881. The maximum Gasteiger partial charge on any atom is 0.266 e. The molecule has 0 saturated heterocycles. The third kappa shape index (κ3) is 3.93. The summed E-state index contributed by atoms with van der Waals surface area (Å²) in [5, 5.41) is 3.98. The first-order valence-electron chi connectivity index (χ1n) is 6.23.